The summed E-state index contributed by atoms with van der Waals surface area (Å²) in [5, 5.41) is 0. The Morgan fingerprint density at radius 3 is 0.780 bits per heavy atom. The number of unbranched alkanes of at least 4 members (excludes halogenated alkanes) is 46. The Labute approximate surface area is 510 Å². The first kappa shape index (κ1) is 79.1. The van der Waals surface area contributed by atoms with Crippen LogP contribution in [0.1, 0.15) is 387 Å². The fourth-order valence-electron chi connectivity index (χ4n) is 10.8. The van der Waals surface area contributed by atoms with Gasteiger partial charge in [0.05, 0.1) is 0 Å². The van der Waals surface area contributed by atoms with Gasteiger partial charge in [-0.05, 0) is 83.5 Å². The van der Waals surface area contributed by atoms with Gasteiger partial charge in [0.2, 0.25) is 0 Å². The fourth-order valence-corrected chi connectivity index (χ4v) is 10.8. The topological polar surface area (TPSA) is 78.9 Å². The molecule has 6 nitrogen and oxygen atoms in total. The van der Waals surface area contributed by atoms with Crippen LogP contribution in [0.5, 0.6) is 0 Å². The third-order valence-corrected chi connectivity index (χ3v) is 16.3. The predicted molar refractivity (Wildman–Crippen MR) is 358 cm³/mol. The van der Waals surface area contributed by atoms with Gasteiger partial charge >= 0.3 is 17.9 Å². The van der Waals surface area contributed by atoms with Gasteiger partial charge in [-0.2, -0.15) is 0 Å². The second kappa shape index (κ2) is 70.6. The standard InChI is InChI=1S/C76H138O6/c1-4-7-10-13-16-19-22-25-28-30-32-33-34-35-36-37-38-39-40-41-42-43-44-46-48-51-54-57-60-63-66-69-75(78)81-72-73(71-80-74(77)68-65-62-59-56-53-50-47-27-24-21-18-15-12-9-6-3)82-76(79)70-67-64-61-58-55-52-49-45-31-29-26-23-20-17-14-11-8-5-2/h9,12,18,21,27,29,31,47,53,56,73H,4-8,10-11,13-17,19-20,22-26,28,30,32-46,48-52,54-55,57-72H2,1-3H3/b12-9-,21-18-,31-29-,47-27-,56-53-. The van der Waals surface area contributed by atoms with Crippen molar-refractivity contribution in [2.24, 2.45) is 0 Å². The highest BCUT2D eigenvalue weighted by molar-refractivity contribution is 5.71. The lowest BCUT2D eigenvalue weighted by Gasteiger charge is -2.18. The van der Waals surface area contributed by atoms with Crippen LogP contribution in [-0.2, 0) is 28.6 Å². The molecule has 478 valence electrons. The molecule has 0 bridgehead atoms. The Bertz CT molecular complexity index is 1460. The van der Waals surface area contributed by atoms with Crippen LogP contribution in [0.15, 0.2) is 60.8 Å². The molecule has 0 aromatic heterocycles. The van der Waals surface area contributed by atoms with E-state index < -0.39 is 6.10 Å². The van der Waals surface area contributed by atoms with Gasteiger partial charge in [0.1, 0.15) is 13.2 Å². The fraction of sp³-hybridized carbons (Fsp3) is 0.829. The molecule has 0 aromatic carbocycles. The van der Waals surface area contributed by atoms with Crippen LogP contribution >= 0.6 is 0 Å². The van der Waals surface area contributed by atoms with E-state index in [1.165, 1.54) is 263 Å². The molecule has 0 heterocycles. The lowest BCUT2D eigenvalue weighted by atomic mass is 10.0. The maximum atomic E-state index is 12.9. The molecule has 82 heavy (non-hydrogen) atoms. The van der Waals surface area contributed by atoms with Crippen molar-refractivity contribution in [3.05, 3.63) is 60.8 Å². The molecule has 1 atom stereocenters. The van der Waals surface area contributed by atoms with E-state index in [1.807, 2.05) is 0 Å². The Balaban J connectivity index is 4.20. The molecule has 0 rings (SSSR count). The lowest BCUT2D eigenvalue weighted by molar-refractivity contribution is -0.167. The number of esters is 3. The smallest absolute Gasteiger partial charge is 0.306 e. The zero-order chi connectivity index (χ0) is 59.2. The minimum absolute atomic E-state index is 0.0857. The van der Waals surface area contributed by atoms with Crippen molar-refractivity contribution < 1.29 is 28.6 Å². The molecule has 6 heteroatoms. The molecule has 0 amide bonds. The Kier molecular flexibility index (Phi) is 68.1. The van der Waals surface area contributed by atoms with E-state index in [-0.39, 0.29) is 31.1 Å². The summed E-state index contributed by atoms with van der Waals surface area (Å²) in [6.07, 6.45) is 91.3. The Morgan fingerprint density at radius 2 is 0.476 bits per heavy atom. The molecule has 0 aromatic rings. The molecule has 0 N–H and O–H groups in total. The normalized spacial score (nSPS) is 12.4. The summed E-state index contributed by atoms with van der Waals surface area (Å²) in [7, 11) is 0. The van der Waals surface area contributed by atoms with E-state index in [0.29, 0.717) is 19.3 Å². The van der Waals surface area contributed by atoms with Crippen LogP contribution in [0.3, 0.4) is 0 Å². The Morgan fingerprint density at radius 1 is 0.256 bits per heavy atom. The molecule has 0 spiro atoms. The van der Waals surface area contributed by atoms with Gasteiger partial charge in [0, 0.05) is 19.3 Å². The molecule has 0 aliphatic heterocycles. The summed E-state index contributed by atoms with van der Waals surface area (Å²) >= 11 is 0. The highest BCUT2D eigenvalue weighted by atomic mass is 16.6. The predicted octanol–water partition coefficient (Wildman–Crippen LogP) is 25.1. The number of carbonyl (C=O) groups excluding carboxylic acids is 3. The van der Waals surface area contributed by atoms with Crippen molar-refractivity contribution in [2.45, 2.75) is 393 Å². The van der Waals surface area contributed by atoms with E-state index in [9.17, 15) is 14.4 Å². The quantitative estimate of drug-likeness (QED) is 0.0261. The second-order valence-electron chi connectivity index (χ2n) is 24.5. The zero-order valence-corrected chi connectivity index (χ0v) is 55.0. The minimum Gasteiger partial charge on any atom is -0.462 e. The van der Waals surface area contributed by atoms with Crippen molar-refractivity contribution in [3.63, 3.8) is 0 Å². The lowest BCUT2D eigenvalue weighted by Crippen LogP contribution is -2.30. The molecular weight excluding hydrogens is 1010 g/mol. The van der Waals surface area contributed by atoms with E-state index >= 15 is 0 Å². The molecule has 0 fully saturated rings. The van der Waals surface area contributed by atoms with Crippen molar-refractivity contribution in [1.29, 1.82) is 0 Å². The average molecular weight is 1150 g/mol. The number of hydrogen-bond acceptors (Lipinski definition) is 6. The molecule has 0 aliphatic carbocycles. The van der Waals surface area contributed by atoms with Crippen LogP contribution in [0.4, 0.5) is 0 Å². The van der Waals surface area contributed by atoms with Crippen molar-refractivity contribution in [2.75, 3.05) is 13.2 Å². The van der Waals surface area contributed by atoms with Crippen molar-refractivity contribution in [3.8, 4) is 0 Å². The SMILES string of the molecule is CC/C=C\C/C=C\C/C=C\C/C=C\CCCCC(=O)OCC(COC(=O)CCCCCCCCCCCCCCCCCCCCCCCCCCCCCCCCC)OC(=O)CCCCCCCCC/C=C\CCCCCCCCC. The molecule has 1 unspecified atom stereocenters. The van der Waals surface area contributed by atoms with E-state index in [4.69, 9.17) is 14.2 Å². The summed E-state index contributed by atoms with van der Waals surface area (Å²) in [6, 6.07) is 0. The van der Waals surface area contributed by atoms with Crippen LogP contribution in [0.25, 0.3) is 0 Å². The van der Waals surface area contributed by atoms with Crippen molar-refractivity contribution in [1.82, 2.24) is 0 Å². The second-order valence-corrected chi connectivity index (χ2v) is 24.5. The molecule has 0 saturated carbocycles. The third-order valence-electron chi connectivity index (χ3n) is 16.3. The number of rotatable bonds is 67. The van der Waals surface area contributed by atoms with E-state index in [2.05, 4.69) is 81.5 Å². The van der Waals surface area contributed by atoms with Gasteiger partial charge in [-0.1, -0.05) is 345 Å². The number of carbonyl (C=O) groups is 3. The van der Waals surface area contributed by atoms with Crippen LogP contribution < -0.4 is 0 Å². The Hall–Kier alpha value is -2.89. The minimum atomic E-state index is -0.794. The van der Waals surface area contributed by atoms with Gasteiger partial charge in [0.25, 0.3) is 0 Å². The van der Waals surface area contributed by atoms with Gasteiger partial charge in [-0.15, -0.1) is 0 Å². The largest absolute Gasteiger partial charge is 0.462 e. The first-order chi connectivity index (χ1) is 40.5. The maximum absolute atomic E-state index is 12.9. The zero-order valence-electron chi connectivity index (χ0n) is 55.0. The number of ether oxygens (including phenoxy) is 3. The molecule has 0 aliphatic rings. The first-order valence-corrected chi connectivity index (χ1v) is 36.3. The highest BCUT2D eigenvalue weighted by Crippen LogP contribution is 2.19. The number of allylic oxidation sites excluding steroid dienone is 10. The maximum Gasteiger partial charge on any atom is 0.306 e. The summed E-state index contributed by atoms with van der Waals surface area (Å²) in [5.74, 6) is -0.911. The average Bonchev–Trinajstić information content (AvgIpc) is 3.47. The van der Waals surface area contributed by atoms with Crippen LogP contribution in [-0.4, -0.2) is 37.2 Å². The van der Waals surface area contributed by atoms with Gasteiger partial charge in [-0.25, -0.2) is 0 Å². The van der Waals surface area contributed by atoms with Gasteiger partial charge < -0.3 is 14.2 Å². The van der Waals surface area contributed by atoms with Crippen LogP contribution in [0, 0.1) is 0 Å². The third kappa shape index (κ3) is 67.9. The van der Waals surface area contributed by atoms with Crippen LogP contribution in [0.2, 0.25) is 0 Å². The van der Waals surface area contributed by atoms with Crippen molar-refractivity contribution >= 4 is 17.9 Å². The monoisotopic (exact) mass is 1150 g/mol. The summed E-state index contributed by atoms with van der Waals surface area (Å²) in [5.41, 5.74) is 0. The molecular formula is C76H138O6. The number of hydrogen-bond donors (Lipinski definition) is 0. The van der Waals surface area contributed by atoms with Gasteiger partial charge in [0.15, 0.2) is 6.10 Å². The molecule has 0 saturated heterocycles. The molecule has 0 radical (unpaired) electrons. The summed E-state index contributed by atoms with van der Waals surface area (Å²) in [4.78, 5) is 38.4. The van der Waals surface area contributed by atoms with Gasteiger partial charge in [-0.3, -0.25) is 14.4 Å². The van der Waals surface area contributed by atoms with E-state index in [0.717, 1.165) is 83.5 Å². The highest BCUT2D eigenvalue weighted by Gasteiger charge is 2.19. The summed E-state index contributed by atoms with van der Waals surface area (Å²) < 4.78 is 16.9. The van der Waals surface area contributed by atoms with E-state index in [1.54, 1.807) is 0 Å². The summed E-state index contributed by atoms with van der Waals surface area (Å²) in [6.45, 7) is 6.55. The first-order valence-electron chi connectivity index (χ1n) is 36.3.